The summed E-state index contributed by atoms with van der Waals surface area (Å²) in [5.41, 5.74) is 0.598. The Balaban J connectivity index is 2.71. The number of amides is 1. The SMILES string of the molecule is CCOC(=N)C(CC(C)C)NC(=O)c1ccccc1. The maximum Gasteiger partial charge on any atom is 0.251 e. The van der Waals surface area contributed by atoms with Crippen LogP contribution in [0.1, 0.15) is 37.6 Å². The molecule has 19 heavy (non-hydrogen) atoms. The smallest absolute Gasteiger partial charge is 0.251 e. The van der Waals surface area contributed by atoms with Crippen molar-refractivity contribution in [2.24, 2.45) is 5.92 Å². The molecular weight excluding hydrogens is 240 g/mol. The molecule has 4 nitrogen and oxygen atoms in total. The molecule has 4 heteroatoms. The molecule has 1 aromatic rings. The summed E-state index contributed by atoms with van der Waals surface area (Å²) in [6, 6.07) is 8.65. The van der Waals surface area contributed by atoms with Crippen LogP contribution in [-0.2, 0) is 4.74 Å². The van der Waals surface area contributed by atoms with Crippen LogP contribution in [0.15, 0.2) is 30.3 Å². The van der Waals surface area contributed by atoms with Gasteiger partial charge in [-0.15, -0.1) is 0 Å². The van der Waals surface area contributed by atoms with E-state index in [1.165, 1.54) is 0 Å². The van der Waals surface area contributed by atoms with Gasteiger partial charge in [0.1, 0.15) is 6.04 Å². The molecule has 0 radical (unpaired) electrons. The fraction of sp³-hybridized carbons (Fsp3) is 0.467. The van der Waals surface area contributed by atoms with Gasteiger partial charge in [0.25, 0.3) is 5.91 Å². The molecule has 0 saturated heterocycles. The molecule has 0 spiro atoms. The average molecular weight is 262 g/mol. The first-order valence-electron chi connectivity index (χ1n) is 6.61. The molecular formula is C15H22N2O2. The van der Waals surface area contributed by atoms with E-state index in [0.29, 0.717) is 24.5 Å². The molecule has 104 valence electrons. The van der Waals surface area contributed by atoms with Crippen molar-refractivity contribution < 1.29 is 9.53 Å². The topological polar surface area (TPSA) is 62.2 Å². The highest BCUT2D eigenvalue weighted by molar-refractivity contribution is 5.97. The Morgan fingerprint density at radius 3 is 2.47 bits per heavy atom. The first kappa shape index (κ1) is 15.2. The van der Waals surface area contributed by atoms with Gasteiger partial charge in [-0.05, 0) is 31.4 Å². The van der Waals surface area contributed by atoms with Gasteiger partial charge in [0.15, 0.2) is 0 Å². The third-order valence-corrected chi connectivity index (χ3v) is 2.66. The van der Waals surface area contributed by atoms with Crippen molar-refractivity contribution in [3.05, 3.63) is 35.9 Å². The van der Waals surface area contributed by atoms with Crippen LogP contribution in [0, 0.1) is 11.3 Å². The van der Waals surface area contributed by atoms with Crippen LogP contribution >= 0.6 is 0 Å². The molecule has 1 atom stereocenters. The van der Waals surface area contributed by atoms with E-state index >= 15 is 0 Å². The van der Waals surface area contributed by atoms with Gasteiger partial charge in [0.05, 0.1) is 6.61 Å². The predicted octanol–water partition coefficient (Wildman–Crippen LogP) is 2.84. The summed E-state index contributed by atoms with van der Waals surface area (Å²) in [7, 11) is 0. The Bertz CT molecular complexity index is 415. The van der Waals surface area contributed by atoms with E-state index in [0.717, 1.165) is 0 Å². The van der Waals surface area contributed by atoms with Crippen LogP contribution in [0.5, 0.6) is 0 Å². The first-order valence-corrected chi connectivity index (χ1v) is 6.61. The highest BCUT2D eigenvalue weighted by Crippen LogP contribution is 2.08. The molecule has 0 aliphatic heterocycles. The van der Waals surface area contributed by atoms with Gasteiger partial charge in [-0.3, -0.25) is 10.2 Å². The van der Waals surface area contributed by atoms with E-state index in [2.05, 4.69) is 19.2 Å². The lowest BCUT2D eigenvalue weighted by molar-refractivity contribution is 0.0938. The van der Waals surface area contributed by atoms with Crippen LogP contribution in [0.4, 0.5) is 0 Å². The molecule has 0 bridgehead atoms. The summed E-state index contributed by atoms with van der Waals surface area (Å²) in [5, 5.41) is 10.7. The molecule has 0 aliphatic rings. The first-order chi connectivity index (χ1) is 9.04. The quantitative estimate of drug-likeness (QED) is 0.611. The predicted molar refractivity (Wildman–Crippen MR) is 76.5 cm³/mol. The Labute approximate surface area is 114 Å². The van der Waals surface area contributed by atoms with Crippen LogP contribution < -0.4 is 5.32 Å². The number of hydrogen-bond donors (Lipinski definition) is 2. The highest BCUT2D eigenvalue weighted by Gasteiger charge is 2.20. The summed E-state index contributed by atoms with van der Waals surface area (Å²) in [6.07, 6.45) is 0.692. The summed E-state index contributed by atoms with van der Waals surface area (Å²) in [4.78, 5) is 12.1. The maximum atomic E-state index is 12.1. The third-order valence-electron chi connectivity index (χ3n) is 2.66. The van der Waals surface area contributed by atoms with E-state index in [9.17, 15) is 4.79 Å². The number of rotatable bonds is 6. The van der Waals surface area contributed by atoms with Gasteiger partial charge in [0, 0.05) is 5.56 Å². The van der Waals surface area contributed by atoms with Crippen molar-refractivity contribution in [2.45, 2.75) is 33.2 Å². The van der Waals surface area contributed by atoms with Crippen molar-refractivity contribution in [1.82, 2.24) is 5.32 Å². The molecule has 0 saturated carbocycles. The number of nitrogens with one attached hydrogen (secondary N) is 2. The number of hydrogen-bond acceptors (Lipinski definition) is 3. The molecule has 0 heterocycles. The molecule has 1 rings (SSSR count). The maximum absolute atomic E-state index is 12.1. The minimum absolute atomic E-state index is 0.125. The molecule has 1 amide bonds. The zero-order chi connectivity index (χ0) is 14.3. The van der Waals surface area contributed by atoms with Gasteiger partial charge < -0.3 is 10.1 Å². The van der Waals surface area contributed by atoms with Crippen LogP contribution in [-0.4, -0.2) is 24.5 Å². The lowest BCUT2D eigenvalue weighted by Crippen LogP contribution is -2.42. The highest BCUT2D eigenvalue weighted by atomic mass is 16.5. The summed E-state index contributed by atoms with van der Waals surface area (Å²) in [5.74, 6) is 0.332. The van der Waals surface area contributed by atoms with Crippen LogP contribution in [0.25, 0.3) is 0 Å². The number of carbonyl (C=O) groups excluding carboxylic acids is 1. The lowest BCUT2D eigenvalue weighted by atomic mass is 10.0. The van der Waals surface area contributed by atoms with Crippen molar-refractivity contribution in [1.29, 1.82) is 5.41 Å². The minimum atomic E-state index is -0.368. The van der Waals surface area contributed by atoms with Gasteiger partial charge in [-0.1, -0.05) is 32.0 Å². The second-order valence-electron chi connectivity index (χ2n) is 4.82. The molecule has 1 aromatic carbocycles. The zero-order valence-electron chi connectivity index (χ0n) is 11.8. The lowest BCUT2D eigenvalue weighted by Gasteiger charge is -2.21. The zero-order valence-corrected chi connectivity index (χ0v) is 11.8. The minimum Gasteiger partial charge on any atom is -0.480 e. The number of carbonyl (C=O) groups is 1. The van der Waals surface area contributed by atoms with E-state index in [1.54, 1.807) is 12.1 Å². The van der Waals surface area contributed by atoms with E-state index < -0.39 is 0 Å². The second-order valence-corrected chi connectivity index (χ2v) is 4.82. The Kier molecular flexibility index (Phi) is 6.06. The van der Waals surface area contributed by atoms with Crippen molar-refractivity contribution in [2.75, 3.05) is 6.61 Å². The average Bonchev–Trinajstić information content (AvgIpc) is 2.38. The Morgan fingerprint density at radius 1 is 1.32 bits per heavy atom. The van der Waals surface area contributed by atoms with Crippen molar-refractivity contribution >= 4 is 11.8 Å². The van der Waals surface area contributed by atoms with Crippen LogP contribution in [0.2, 0.25) is 0 Å². The van der Waals surface area contributed by atoms with E-state index in [-0.39, 0.29) is 17.8 Å². The van der Waals surface area contributed by atoms with Crippen LogP contribution in [0.3, 0.4) is 0 Å². The molecule has 1 unspecified atom stereocenters. The van der Waals surface area contributed by atoms with Gasteiger partial charge in [-0.2, -0.15) is 0 Å². The third kappa shape index (κ3) is 5.12. The standard InChI is InChI=1S/C15H22N2O2/c1-4-19-14(16)13(10-11(2)3)17-15(18)12-8-6-5-7-9-12/h5-9,11,13,16H,4,10H2,1-3H3,(H,17,18). The largest absolute Gasteiger partial charge is 0.480 e. The van der Waals surface area contributed by atoms with Crippen molar-refractivity contribution in [3.63, 3.8) is 0 Å². The van der Waals surface area contributed by atoms with E-state index in [4.69, 9.17) is 10.1 Å². The molecule has 0 fully saturated rings. The number of ether oxygens (including phenoxy) is 1. The number of benzene rings is 1. The van der Waals surface area contributed by atoms with E-state index in [1.807, 2.05) is 25.1 Å². The second kappa shape index (κ2) is 7.56. The van der Waals surface area contributed by atoms with Gasteiger partial charge in [-0.25, -0.2) is 0 Å². The fourth-order valence-electron chi connectivity index (χ4n) is 1.79. The van der Waals surface area contributed by atoms with Gasteiger partial charge in [0.2, 0.25) is 5.90 Å². The van der Waals surface area contributed by atoms with Gasteiger partial charge >= 0.3 is 0 Å². The van der Waals surface area contributed by atoms with Crippen molar-refractivity contribution in [3.8, 4) is 0 Å². The fourth-order valence-corrected chi connectivity index (χ4v) is 1.79. The molecule has 2 N–H and O–H groups in total. The Hall–Kier alpha value is -1.84. The monoisotopic (exact) mass is 262 g/mol. The molecule has 0 aromatic heterocycles. The molecule has 0 aliphatic carbocycles. The Morgan fingerprint density at radius 2 is 1.95 bits per heavy atom. The normalized spacial score (nSPS) is 12.0. The summed E-state index contributed by atoms with van der Waals surface area (Å²) >= 11 is 0. The summed E-state index contributed by atoms with van der Waals surface area (Å²) in [6.45, 7) is 6.39. The summed E-state index contributed by atoms with van der Waals surface area (Å²) < 4.78 is 5.21.